The minimum Gasteiger partial charge on any atom is -0.493 e. The average molecular weight is 456 g/mol. The number of hydrogen-bond donors (Lipinski definition) is 3. The molecule has 0 spiro atoms. The van der Waals surface area contributed by atoms with Gasteiger partial charge in [-0.15, -0.1) is 0 Å². The molecule has 29 heavy (non-hydrogen) atoms. The third kappa shape index (κ3) is 5.20. The van der Waals surface area contributed by atoms with Crippen LogP contribution in [0.1, 0.15) is 15.9 Å². The third-order valence-electron chi connectivity index (χ3n) is 4.36. The van der Waals surface area contributed by atoms with Crippen molar-refractivity contribution in [1.82, 2.24) is 0 Å². The highest BCUT2D eigenvalue weighted by Gasteiger charge is 2.09. The van der Waals surface area contributed by atoms with Crippen LogP contribution < -0.4 is 25.8 Å². The van der Waals surface area contributed by atoms with Crippen molar-refractivity contribution in [3.63, 3.8) is 0 Å². The van der Waals surface area contributed by atoms with E-state index in [0.717, 1.165) is 15.7 Å². The van der Waals surface area contributed by atoms with Gasteiger partial charge in [-0.3, -0.25) is 4.79 Å². The summed E-state index contributed by atoms with van der Waals surface area (Å²) in [6.45, 7) is 0.607. The van der Waals surface area contributed by atoms with Gasteiger partial charge in [0.05, 0.1) is 25.6 Å². The van der Waals surface area contributed by atoms with Crippen LogP contribution in [0.5, 0.6) is 11.5 Å². The molecule has 0 aliphatic heterocycles. The van der Waals surface area contributed by atoms with Crippen molar-refractivity contribution in [2.75, 3.05) is 30.6 Å². The van der Waals surface area contributed by atoms with Gasteiger partial charge in [0.2, 0.25) is 0 Å². The van der Waals surface area contributed by atoms with E-state index in [-0.39, 0.29) is 5.91 Å². The number of rotatable bonds is 7. The Labute approximate surface area is 178 Å². The van der Waals surface area contributed by atoms with E-state index >= 15 is 0 Å². The molecular formula is C22H22BrN3O3. The molecule has 0 unspecified atom stereocenters. The summed E-state index contributed by atoms with van der Waals surface area (Å²) >= 11 is 3.38. The predicted molar refractivity (Wildman–Crippen MR) is 120 cm³/mol. The van der Waals surface area contributed by atoms with Crippen LogP contribution in [-0.2, 0) is 6.54 Å². The van der Waals surface area contributed by atoms with Crippen LogP contribution in [0.25, 0.3) is 0 Å². The SMILES string of the molecule is COc1ccc(NCc2ccc(C(=O)Nc3cc(Br)ccc3N)cc2)cc1OC. The zero-order valence-electron chi connectivity index (χ0n) is 16.2. The van der Waals surface area contributed by atoms with E-state index < -0.39 is 0 Å². The van der Waals surface area contributed by atoms with Crippen LogP contribution in [0.2, 0.25) is 0 Å². The summed E-state index contributed by atoms with van der Waals surface area (Å²) in [5.74, 6) is 1.13. The molecule has 0 saturated heterocycles. The van der Waals surface area contributed by atoms with Gasteiger partial charge < -0.3 is 25.8 Å². The van der Waals surface area contributed by atoms with Gasteiger partial charge in [-0.1, -0.05) is 28.1 Å². The van der Waals surface area contributed by atoms with Crippen molar-refractivity contribution in [2.24, 2.45) is 0 Å². The molecule has 0 aliphatic carbocycles. The third-order valence-corrected chi connectivity index (χ3v) is 4.85. The summed E-state index contributed by atoms with van der Waals surface area (Å²) in [6, 6.07) is 18.4. The van der Waals surface area contributed by atoms with Crippen molar-refractivity contribution >= 4 is 38.9 Å². The minimum absolute atomic E-state index is 0.214. The van der Waals surface area contributed by atoms with Gasteiger partial charge in [0, 0.05) is 28.3 Å². The van der Waals surface area contributed by atoms with E-state index in [1.54, 1.807) is 38.5 Å². The van der Waals surface area contributed by atoms with Gasteiger partial charge in [-0.05, 0) is 48.0 Å². The van der Waals surface area contributed by atoms with Crippen LogP contribution >= 0.6 is 15.9 Å². The lowest BCUT2D eigenvalue weighted by Crippen LogP contribution is -2.13. The average Bonchev–Trinajstić information content (AvgIpc) is 2.74. The highest BCUT2D eigenvalue weighted by atomic mass is 79.9. The molecule has 0 aliphatic rings. The molecule has 3 aromatic rings. The second-order valence-electron chi connectivity index (χ2n) is 6.31. The number of nitrogens with two attached hydrogens (primary N) is 1. The van der Waals surface area contributed by atoms with Crippen LogP contribution in [0.3, 0.4) is 0 Å². The van der Waals surface area contributed by atoms with Crippen molar-refractivity contribution in [3.05, 3.63) is 76.3 Å². The maximum Gasteiger partial charge on any atom is 0.255 e. The lowest BCUT2D eigenvalue weighted by molar-refractivity contribution is 0.102. The van der Waals surface area contributed by atoms with E-state index in [2.05, 4.69) is 26.6 Å². The molecule has 0 heterocycles. The number of nitrogens with one attached hydrogen (secondary N) is 2. The number of hydrogen-bond acceptors (Lipinski definition) is 5. The molecule has 0 fully saturated rings. The molecule has 0 bridgehead atoms. The number of ether oxygens (including phenoxy) is 2. The number of carbonyl (C=O) groups excluding carboxylic acids is 1. The number of anilines is 3. The van der Waals surface area contributed by atoms with Crippen LogP contribution in [0, 0.1) is 0 Å². The van der Waals surface area contributed by atoms with E-state index in [1.807, 2.05) is 36.4 Å². The molecule has 6 nitrogen and oxygen atoms in total. The zero-order valence-corrected chi connectivity index (χ0v) is 17.7. The van der Waals surface area contributed by atoms with E-state index in [9.17, 15) is 4.79 Å². The molecule has 0 atom stereocenters. The maximum atomic E-state index is 12.5. The van der Waals surface area contributed by atoms with Gasteiger partial charge in [0.25, 0.3) is 5.91 Å². The van der Waals surface area contributed by atoms with E-state index in [1.165, 1.54) is 0 Å². The second-order valence-corrected chi connectivity index (χ2v) is 7.22. The fourth-order valence-corrected chi connectivity index (χ4v) is 3.12. The van der Waals surface area contributed by atoms with Crippen LogP contribution in [-0.4, -0.2) is 20.1 Å². The van der Waals surface area contributed by atoms with Crippen molar-refractivity contribution < 1.29 is 14.3 Å². The zero-order chi connectivity index (χ0) is 20.8. The lowest BCUT2D eigenvalue weighted by atomic mass is 10.1. The molecule has 0 radical (unpaired) electrons. The monoisotopic (exact) mass is 455 g/mol. The van der Waals surface area contributed by atoms with Gasteiger partial charge in [-0.2, -0.15) is 0 Å². The predicted octanol–water partition coefficient (Wildman–Crippen LogP) is 4.91. The molecule has 150 valence electrons. The molecule has 3 rings (SSSR count). The summed E-state index contributed by atoms with van der Waals surface area (Å²) in [6.07, 6.45) is 0. The van der Waals surface area contributed by atoms with Crippen LogP contribution in [0.4, 0.5) is 17.1 Å². The fourth-order valence-electron chi connectivity index (χ4n) is 2.76. The topological polar surface area (TPSA) is 85.6 Å². The Morgan fingerprint density at radius 3 is 2.38 bits per heavy atom. The number of methoxy groups -OCH3 is 2. The van der Waals surface area contributed by atoms with Crippen LogP contribution in [0.15, 0.2) is 65.1 Å². The smallest absolute Gasteiger partial charge is 0.255 e. The first kappa shape index (κ1) is 20.5. The molecule has 1 amide bonds. The minimum atomic E-state index is -0.214. The normalized spacial score (nSPS) is 10.3. The Balaban J connectivity index is 1.63. The van der Waals surface area contributed by atoms with Gasteiger partial charge in [0.15, 0.2) is 11.5 Å². The molecule has 0 aromatic heterocycles. The number of halogens is 1. The summed E-state index contributed by atoms with van der Waals surface area (Å²) in [5.41, 5.74) is 9.50. The molecule has 0 saturated carbocycles. The largest absolute Gasteiger partial charge is 0.493 e. The summed E-state index contributed by atoms with van der Waals surface area (Å²) in [7, 11) is 3.21. The Morgan fingerprint density at radius 1 is 0.966 bits per heavy atom. The van der Waals surface area contributed by atoms with E-state index in [0.29, 0.717) is 35.0 Å². The maximum absolute atomic E-state index is 12.5. The summed E-state index contributed by atoms with van der Waals surface area (Å²) < 4.78 is 11.4. The highest BCUT2D eigenvalue weighted by molar-refractivity contribution is 9.10. The summed E-state index contributed by atoms with van der Waals surface area (Å²) in [5, 5.41) is 6.16. The Morgan fingerprint density at radius 2 is 1.69 bits per heavy atom. The van der Waals surface area contributed by atoms with Gasteiger partial charge in [-0.25, -0.2) is 0 Å². The molecule has 3 aromatic carbocycles. The number of nitrogen functional groups attached to an aromatic ring is 1. The van der Waals surface area contributed by atoms with Gasteiger partial charge >= 0.3 is 0 Å². The van der Waals surface area contributed by atoms with E-state index in [4.69, 9.17) is 15.2 Å². The molecule has 7 heteroatoms. The Bertz CT molecular complexity index is 1010. The number of amides is 1. The van der Waals surface area contributed by atoms with Crippen molar-refractivity contribution in [1.29, 1.82) is 0 Å². The number of benzene rings is 3. The van der Waals surface area contributed by atoms with Crippen molar-refractivity contribution in [2.45, 2.75) is 6.54 Å². The quantitative estimate of drug-likeness (QED) is 0.440. The molecule has 4 N–H and O–H groups in total. The highest BCUT2D eigenvalue weighted by Crippen LogP contribution is 2.30. The second kappa shape index (κ2) is 9.34. The standard InChI is InChI=1S/C22H22BrN3O3/c1-28-20-10-8-17(12-21(20)29-2)25-13-14-3-5-15(6-4-14)22(27)26-19-11-16(23)7-9-18(19)24/h3-12,25H,13,24H2,1-2H3,(H,26,27). The van der Waals surface area contributed by atoms with Gasteiger partial charge in [0.1, 0.15) is 0 Å². The first-order valence-corrected chi connectivity index (χ1v) is 9.70. The first-order chi connectivity index (χ1) is 14.0. The number of carbonyl (C=O) groups is 1. The van der Waals surface area contributed by atoms with Crippen molar-refractivity contribution in [3.8, 4) is 11.5 Å². The molecular weight excluding hydrogens is 434 g/mol. The fraction of sp³-hybridized carbons (Fsp3) is 0.136. The Hall–Kier alpha value is -3.19. The Kier molecular flexibility index (Phi) is 6.61. The lowest BCUT2D eigenvalue weighted by Gasteiger charge is -2.12. The first-order valence-electron chi connectivity index (χ1n) is 8.91. The summed E-state index contributed by atoms with van der Waals surface area (Å²) in [4.78, 5) is 12.5.